The molecule has 0 atom stereocenters. The van der Waals surface area contributed by atoms with Gasteiger partial charge in [-0.3, -0.25) is 9.52 Å². The van der Waals surface area contributed by atoms with Crippen molar-refractivity contribution in [2.45, 2.75) is 0 Å². The molecule has 2 aromatic heterocycles. The van der Waals surface area contributed by atoms with E-state index in [1.807, 2.05) is 30.3 Å². The van der Waals surface area contributed by atoms with Gasteiger partial charge in [-0.1, -0.05) is 30.3 Å². The molecule has 2 N–H and O–H groups in total. The summed E-state index contributed by atoms with van der Waals surface area (Å²) in [5.41, 5.74) is 2.31. The van der Waals surface area contributed by atoms with E-state index in [1.165, 1.54) is 13.2 Å². The highest BCUT2D eigenvalue weighted by molar-refractivity contribution is 7.92. The number of nitrogens with zero attached hydrogens (tertiary/aromatic N) is 3. The SMILES string of the molecule is COc1cc(NS(C)(=O)=O)ccc1-c1nc2c(c(-c3ccccc3)nn2C)c(=O)[nH]1. The van der Waals surface area contributed by atoms with Crippen LogP contribution in [-0.2, 0) is 17.1 Å². The molecule has 10 heteroatoms. The number of fused-ring (bicyclic) bond motifs is 1. The van der Waals surface area contributed by atoms with Gasteiger partial charge in [0.05, 0.1) is 24.6 Å². The number of methoxy groups -OCH3 is 1. The van der Waals surface area contributed by atoms with Gasteiger partial charge in [0.1, 0.15) is 22.7 Å². The fourth-order valence-electron chi connectivity index (χ4n) is 3.25. The summed E-state index contributed by atoms with van der Waals surface area (Å²) in [5, 5.41) is 4.87. The number of aromatic amines is 1. The number of nitrogens with one attached hydrogen (secondary N) is 2. The molecule has 0 saturated carbocycles. The van der Waals surface area contributed by atoms with Gasteiger partial charge in [-0.05, 0) is 12.1 Å². The summed E-state index contributed by atoms with van der Waals surface area (Å²) >= 11 is 0. The lowest BCUT2D eigenvalue weighted by molar-refractivity contribution is 0.416. The van der Waals surface area contributed by atoms with Gasteiger partial charge in [0.15, 0.2) is 5.65 Å². The van der Waals surface area contributed by atoms with Crippen LogP contribution in [0.3, 0.4) is 0 Å². The van der Waals surface area contributed by atoms with E-state index < -0.39 is 10.0 Å². The van der Waals surface area contributed by atoms with E-state index in [0.29, 0.717) is 33.7 Å². The lowest BCUT2D eigenvalue weighted by Gasteiger charge is -2.11. The molecular weight excluding hydrogens is 406 g/mol. The van der Waals surface area contributed by atoms with Crippen LogP contribution in [0.25, 0.3) is 33.7 Å². The van der Waals surface area contributed by atoms with E-state index in [9.17, 15) is 13.2 Å². The van der Waals surface area contributed by atoms with Gasteiger partial charge in [0.2, 0.25) is 10.0 Å². The van der Waals surface area contributed by atoms with Gasteiger partial charge in [0, 0.05) is 18.7 Å². The van der Waals surface area contributed by atoms with Crippen molar-refractivity contribution in [2.75, 3.05) is 18.1 Å². The third-order valence-electron chi connectivity index (χ3n) is 4.50. The van der Waals surface area contributed by atoms with Gasteiger partial charge < -0.3 is 9.72 Å². The number of benzene rings is 2. The lowest BCUT2D eigenvalue weighted by Crippen LogP contribution is -2.11. The van der Waals surface area contributed by atoms with E-state index >= 15 is 0 Å². The molecule has 0 bridgehead atoms. The highest BCUT2D eigenvalue weighted by atomic mass is 32.2. The number of sulfonamides is 1. The molecule has 2 aromatic carbocycles. The lowest BCUT2D eigenvalue weighted by atomic mass is 10.1. The summed E-state index contributed by atoms with van der Waals surface area (Å²) in [6, 6.07) is 14.1. The topological polar surface area (TPSA) is 119 Å². The van der Waals surface area contributed by atoms with Crippen molar-refractivity contribution in [1.82, 2.24) is 19.7 Å². The fraction of sp³-hybridized carbons (Fsp3) is 0.150. The summed E-state index contributed by atoms with van der Waals surface area (Å²) in [7, 11) is -0.256. The van der Waals surface area contributed by atoms with E-state index in [4.69, 9.17) is 4.74 Å². The minimum Gasteiger partial charge on any atom is -0.496 e. The average Bonchev–Trinajstić information content (AvgIpc) is 3.04. The van der Waals surface area contributed by atoms with Crippen molar-refractivity contribution in [1.29, 1.82) is 0 Å². The third kappa shape index (κ3) is 3.64. The van der Waals surface area contributed by atoms with E-state index in [0.717, 1.165) is 11.8 Å². The Labute approximate surface area is 172 Å². The monoisotopic (exact) mass is 425 g/mol. The van der Waals surface area contributed by atoms with Gasteiger partial charge in [-0.25, -0.2) is 18.1 Å². The highest BCUT2D eigenvalue weighted by Gasteiger charge is 2.19. The first-order valence-corrected chi connectivity index (χ1v) is 10.8. The van der Waals surface area contributed by atoms with Gasteiger partial charge in [-0.15, -0.1) is 0 Å². The van der Waals surface area contributed by atoms with Crippen LogP contribution in [0.1, 0.15) is 0 Å². The number of H-pyrrole nitrogens is 1. The second kappa shape index (κ2) is 7.30. The number of hydrogen-bond acceptors (Lipinski definition) is 6. The molecule has 0 saturated heterocycles. The Morgan fingerprint density at radius 3 is 2.53 bits per heavy atom. The van der Waals surface area contributed by atoms with Crippen LogP contribution in [-0.4, -0.2) is 41.5 Å². The molecule has 30 heavy (non-hydrogen) atoms. The maximum atomic E-state index is 13.0. The third-order valence-corrected chi connectivity index (χ3v) is 5.11. The standard InChI is InChI=1S/C20H19N5O4S/c1-25-19-16(17(23-25)12-7-5-4-6-8-12)20(26)22-18(21-19)14-10-9-13(11-15(14)29-2)24-30(3,27)28/h4-11,24H,1-3H3,(H,21,22,26). The molecule has 4 aromatic rings. The van der Waals surface area contributed by atoms with Crippen molar-refractivity contribution in [3.63, 3.8) is 0 Å². The number of aryl methyl sites for hydroxylation is 1. The van der Waals surface area contributed by atoms with Gasteiger partial charge in [-0.2, -0.15) is 5.10 Å². The minimum atomic E-state index is -3.44. The maximum Gasteiger partial charge on any atom is 0.262 e. The van der Waals surface area contributed by atoms with Crippen molar-refractivity contribution in [3.8, 4) is 28.4 Å². The Morgan fingerprint density at radius 2 is 1.87 bits per heavy atom. The molecule has 0 unspecified atom stereocenters. The van der Waals surface area contributed by atoms with Crippen LogP contribution in [0.5, 0.6) is 5.75 Å². The normalized spacial score (nSPS) is 11.6. The van der Waals surface area contributed by atoms with Crippen LogP contribution < -0.4 is 15.0 Å². The van der Waals surface area contributed by atoms with E-state index in [2.05, 4.69) is 19.8 Å². The quantitative estimate of drug-likeness (QED) is 0.507. The van der Waals surface area contributed by atoms with Gasteiger partial charge >= 0.3 is 0 Å². The molecule has 0 fully saturated rings. The predicted molar refractivity (Wildman–Crippen MR) is 115 cm³/mol. The molecule has 0 spiro atoms. The zero-order valence-corrected chi connectivity index (χ0v) is 17.3. The first-order valence-electron chi connectivity index (χ1n) is 8.95. The first kappa shape index (κ1) is 19.6. The molecule has 0 aliphatic rings. The van der Waals surface area contributed by atoms with Crippen LogP contribution in [0, 0.1) is 0 Å². The molecule has 0 radical (unpaired) electrons. The Hall–Kier alpha value is -3.66. The van der Waals surface area contributed by atoms with Crippen LogP contribution >= 0.6 is 0 Å². The zero-order valence-electron chi connectivity index (χ0n) is 16.5. The molecular formula is C20H19N5O4S. The Bertz CT molecular complexity index is 1410. The van der Waals surface area contributed by atoms with Crippen LogP contribution in [0.15, 0.2) is 53.3 Å². The smallest absolute Gasteiger partial charge is 0.262 e. The Morgan fingerprint density at radius 1 is 1.13 bits per heavy atom. The summed E-state index contributed by atoms with van der Waals surface area (Å²) in [6.45, 7) is 0. The number of hydrogen-bond donors (Lipinski definition) is 2. The number of ether oxygens (including phenoxy) is 1. The summed E-state index contributed by atoms with van der Waals surface area (Å²) in [6.07, 6.45) is 1.06. The maximum absolute atomic E-state index is 13.0. The first-order chi connectivity index (χ1) is 14.3. The second-order valence-corrected chi connectivity index (χ2v) is 8.49. The molecule has 9 nitrogen and oxygen atoms in total. The Balaban J connectivity index is 1.87. The second-order valence-electron chi connectivity index (χ2n) is 6.74. The molecule has 2 heterocycles. The molecule has 154 valence electrons. The fourth-order valence-corrected chi connectivity index (χ4v) is 3.80. The molecule has 0 amide bonds. The summed E-state index contributed by atoms with van der Waals surface area (Å²) in [5.74, 6) is 0.648. The van der Waals surface area contributed by atoms with Crippen LogP contribution in [0.2, 0.25) is 0 Å². The molecule has 0 aliphatic heterocycles. The zero-order chi connectivity index (χ0) is 21.5. The summed E-state index contributed by atoms with van der Waals surface area (Å²) in [4.78, 5) is 20.3. The molecule has 4 rings (SSSR count). The van der Waals surface area contributed by atoms with Crippen molar-refractivity contribution < 1.29 is 13.2 Å². The number of aromatic nitrogens is 4. The van der Waals surface area contributed by atoms with Crippen molar-refractivity contribution in [3.05, 3.63) is 58.9 Å². The largest absolute Gasteiger partial charge is 0.496 e. The minimum absolute atomic E-state index is 0.290. The van der Waals surface area contributed by atoms with Crippen molar-refractivity contribution in [2.24, 2.45) is 7.05 Å². The molecule has 0 aliphatic carbocycles. The predicted octanol–water partition coefficient (Wildman–Crippen LogP) is 2.37. The Kier molecular flexibility index (Phi) is 4.78. The number of rotatable bonds is 5. The number of anilines is 1. The van der Waals surface area contributed by atoms with E-state index in [-0.39, 0.29) is 11.4 Å². The van der Waals surface area contributed by atoms with Gasteiger partial charge in [0.25, 0.3) is 5.56 Å². The summed E-state index contributed by atoms with van der Waals surface area (Å²) < 4.78 is 32.3. The van der Waals surface area contributed by atoms with E-state index in [1.54, 1.807) is 23.9 Å². The average molecular weight is 425 g/mol. The van der Waals surface area contributed by atoms with Crippen LogP contribution in [0.4, 0.5) is 5.69 Å². The van der Waals surface area contributed by atoms with Crippen molar-refractivity contribution >= 4 is 26.7 Å². The highest BCUT2D eigenvalue weighted by Crippen LogP contribution is 2.32.